The molecular weight excluding hydrogens is 352 g/mol. The van der Waals surface area contributed by atoms with Crippen molar-refractivity contribution < 1.29 is 4.74 Å². The van der Waals surface area contributed by atoms with Crippen LogP contribution in [-0.4, -0.2) is 50.8 Å². The molecule has 1 N–H and O–H groups in total. The first kappa shape index (κ1) is 19.6. The molecule has 2 aliphatic rings. The van der Waals surface area contributed by atoms with Crippen LogP contribution in [0.25, 0.3) is 11.2 Å². The Morgan fingerprint density at radius 2 is 1.93 bits per heavy atom. The lowest BCUT2D eigenvalue weighted by Crippen LogP contribution is -2.53. The summed E-state index contributed by atoms with van der Waals surface area (Å²) in [5.74, 6) is 0. The highest BCUT2D eigenvalue weighted by atomic mass is 16.5. The van der Waals surface area contributed by atoms with Crippen LogP contribution in [0.2, 0.25) is 0 Å². The molecule has 6 nitrogen and oxygen atoms in total. The van der Waals surface area contributed by atoms with Crippen molar-refractivity contribution in [3.63, 3.8) is 0 Å². The fourth-order valence-electron chi connectivity index (χ4n) is 5.08. The summed E-state index contributed by atoms with van der Waals surface area (Å²) in [6.07, 6.45) is 8.32. The quantitative estimate of drug-likeness (QED) is 0.849. The van der Waals surface area contributed by atoms with Gasteiger partial charge >= 0.3 is 5.69 Å². The van der Waals surface area contributed by atoms with Crippen molar-refractivity contribution in [2.45, 2.75) is 83.4 Å². The van der Waals surface area contributed by atoms with Crippen LogP contribution in [-0.2, 0) is 4.74 Å². The predicted octanol–water partition coefficient (Wildman–Crippen LogP) is 3.80. The van der Waals surface area contributed by atoms with Crippen molar-refractivity contribution in [2.24, 2.45) is 0 Å². The molecule has 1 saturated heterocycles. The molecule has 0 spiro atoms. The van der Waals surface area contributed by atoms with Gasteiger partial charge in [-0.25, -0.2) is 9.78 Å². The zero-order valence-electron chi connectivity index (χ0n) is 17.5. The minimum atomic E-state index is -0.0219. The number of hydrogen-bond donors (Lipinski definition) is 1. The number of nitrogens with zero attached hydrogens (tertiary/aromatic N) is 3. The number of aryl methyl sites for hydroxylation is 1. The van der Waals surface area contributed by atoms with E-state index in [1.165, 1.54) is 25.7 Å². The molecule has 0 bridgehead atoms. The average Bonchev–Trinajstić information content (AvgIpc) is 3.02. The van der Waals surface area contributed by atoms with E-state index in [2.05, 4.69) is 28.7 Å². The van der Waals surface area contributed by atoms with Gasteiger partial charge in [0.1, 0.15) is 0 Å². The van der Waals surface area contributed by atoms with Gasteiger partial charge in [-0.3, -0.25) is 9.47 Å². The molecule has 0 aromatic carbocycles. The topological polar surface area (TPSA) is 63.1 Å². The van der Waals surface area contributed by atoms with Gasteiger partial charge in [0.25, 0.3) is 0 Å². The Hall–Kier alpha value is -1.66. The van der Waals surface area contributed by atoms with E-state index in [1.54, 1.807) is 0 Å². The number of fused-ring (bicyclic) bond motifs is 1. The molecule has 2 aromatic rings. The van der Waals surface area contributed by atoms with Gasteiger partial charge in [0, 0.05) is 37.0 Å². The summed E-state index contributed by atoms with van der Waals surface area (Å²) >= 11 is 0. The maximum absolute atomic E-state index is 12.6. The zero-order chi connectivity index (χ0) is 19.7. The van der Waals surface area contributed by atoms with Gasteiger partial charge in [0.2, 0.25) is 0 Å². The Morgan fingerprint density at radius 1 is 1.21 bits per heavy atom. The first-order valence-electron chi connectivity index (χ1n) is 10.9. The number of rotatable bonds is 5. The van der Waals surface area contributed by atoms with Crippen LogP contribution in [0.3, 0.4) is 0 Å². The molecule has 2 fully saturated rings. The molecule has 1 aliphatic heterocycles. The summed E-state index contributed by atoms with van der Waals surface area (Å²) in [6, 6.07) is 4.15. The van der Waals surface area contributed by atoms with E-state index in [4.69, 9.17) is 4.74 Å². The molecular formula is C22H34N4O2. The highest BCUT2D eigenvalue weighted by Crippen LogP contribution is 2.37. The van der Waals surface area contributed by atoms with E-state index in [-0.39, 0.29) is 17.3 Å². The molecule has 28 heavy (non-hydrogen) atoms. The van der Waals surface area contributed by atoms with E-state index in [9.17, 15) is 4.79 Å². The number of piperidine rings is 1. The predicted molar refractivity (Wildman–Crippen MR) is 112 cm³/mol. The second-order valence-electron chi connectivity index (χ2n) is 8.91. The third-order valence-electron chi connectivity index (χ3n) is 6.86. The minimum Gasteiger partial charge on any atom is -0.378 e. The first-order chi connectivity index (χ1) is 13.5. The summed E-state index contributed by atoms with van der Waals surface area (Å²) in [5, 5.41) is 0. The number of imidazole rings is 1. The van der Waals surface area contributed by atoms with Gasteiger partial charge in [0.15, 0.2) is 5.65 Å². The zero-order valence-corrected chi connectivity index (χ0v) is 17.5. The molecule has 1 aliphatic carbocycles. The van der Waals surface area contributed by atoms with Crippen LogP contribution < -0.4 is 5.69 Å². The van der Waals surface area contributed by atoms with Crippen LogP contribution >= 0.6 is 0 Å². The molecule has 6 heteroatoms. The normalized spacial score (nSPS) is 27.5. The Kier molecular flexibility index (Phi) is 5.61. The van der Waals surface area contributed by atoms with Crippen LogP contribution in [0, 0.1) is 6.92 Å². The van der Waals surface area contributed by atoms with Crippen molar-refractivity contribution >= 4 is 11.2 Å². The molecule has 1 saturated carbocycles. The van der Waals surface area contributed by atoms with Crippen LogP contribution in [0.4, 0.5) is 0 Å². The number of aromatic amines is 1. The Labute approximate surface area is 167 Å². The minimum absolute atomic E-state index is 0.0219. The summed E-state index contributed by atoms with van der Waals surface area (Å²) in [6.45, 7) is 9.56. The van der Waals surface area contributed by atoms with E-state index in [0.29, 0.717) is 6.10 Å². The average molecular weight is 387 g/mol. The number of nitrogens with one attached hydrogen (secondary N) is 1. The standard InChI is InChI=1S/C22H34N4O2/c1-4-15-28-18-7-11-22(3,12-8-18)25-13-9-17(10-14-25)26-20-19(24-21(26)27)6-5-16(2)23-20/h5-6,17-18H,4,7-15H2,1-3H3,(H,24,27). The maximum Gasteiger partial charge on any atom is 0.327 e. The van der Waals surface area contributed by atoms with Crippen LogP contribution in [0.1, 0.15) is 70.5 Å². The number of aromatic nitrogens is 3. The van der Waals surface area contributed by atoms with Crippen molar-refractivity contribution in [2.75, 3.05) is 19.7 Å². The Bertz CT molecular complexity index is 855. The number of H-pyrrole nitrogens is 1. The summed E-state index contributed by atoms with van der Waals surface area (Å²) in [4.78, 5) is 22.8. The fraction of sp³-hybridized carbons (Fsp3) is 0.727. The van der Waals surface area contributed by atoms with E-state index in [0.717, 1.165) is 55.8 Å². The molecule has 2 aromatic heterocycles. The second kappa shape index (κ2) is 7.99. The van der Waals surface area contributed by atoms with E-state index < -0.39 is 0 Å². The molecule has 3 heterocycles. The van der Waals surface area contributed by atoms with Gasteiger partial charge < -0.3 is 9.72 Å². The van der Waals surface area contributed by atoms with E-state index >= 15 is 0 Å². The molecule has 0 unspecified atom stereocenters. The van der Waals surface area contributed by atoms with Crippen molar-refractivity contribution in [3.05, 3.63) is 28.3 Å². The second-order valence-corrected chi connectivity index (χ2v) is 8.91. The van der Waals surface area contributed by atoms with Gasteiger partial charge in [-0.15, -0.1) is 0 Å². The molecule has 0 amide bonds. The molecule has 0 atom stereocenters. The molecule has 154 valence electrons. The Balaban J connectivity index is 1.41. The summed E-state index contributed by atoms with van der Waals surface area (Å²) in [7, 11) is 0. The SMILES string of the molecule is CCCOC1CCC(C)(N2CCC(n3c(=O)[nH]c4ccc(C)nc43)CC2)CC1. The van der Waals surface area contributed by atoms with Gasteiger partial charge in [0.05, 0.1) is 11.6 Å². The highest BCUT2D eigenvalue weighted by molar-refractivity contribution is 5.70. The van der Waals surface area contributed by atoms with Gasteiger partial charge in [-0.1, -0.05) is 6.92 Å². The smallest absolute Gasteiger partial charge is 0.327 e. The lowest BCUT2D eigenvalue weighted by molar-refractivity contribution is -0.0305. The van der Waals surface area contributed by atoms with Crippen molar-refractivity contribution in [1.82, 2.24) is 19.4 Å². The first-order valence-corrected chi connectivity index (χ1v) is 10.9. The summed E-state index contributed by atoms with van der Waals surface area (Å²) in [5.41, 5.74) is 2.86. The number of hydrogen-bond acceptors (Lipinski definition) is 4. The van der Waals surface area contributed by atoms with Gasteiger partial charge in [-0.05, 0) is 70.9 Å². The lowest BCUT2D eigenvalue weighted by atomic mass is 9.79. The monoisotopic (exact) mass is 386 g/mol. The van der Waals surface area contributed by atoms with Gasteiger partial charge in [-0.2, -0.15) is 0 Å². The maximum atomic E-state index is 12.6. The Morgan fingerprint density at radius 3 is 2.61 bits per heavy atom. The van der Waals surface area contributed by atoms with Crippen LogP contribution in [0.15, 0.2) is 16.9 Å². The van der Waals surface area contributed by atoms with Crippen molar-refractivity contribution in [3.8, 4) is 0 Å². The van der Waals surface area contributed by atoms with E-state index in [1.807, 2.05) is 23.6 Å². The number of ether oxygens (including phenoxy) is 1. The largest absolute Gasteiger partial charge is 0.378 e. The lowest BCUT2D eigenvalue weighted by Gasteiger charge is -2.48. The van der Waals surface area contributed by atoms with Crippen LogP contribution in [0.5, 0.6) is 0 Å². The van der Waals surface area contributed by atoms with Crippen molar-refractivity contribution in [1.29, 1.82) is 0 Å². The number of pyridine rings is 1. The molecule has 0 radical (unpaired) electrons. The summed E-state index contributed by atoms with van der Waals surface area (Å²) < 4.78 is 7.88. The third kappa shape index (κ3) is 3.77. The highest BCUT2D eigenvalue weighted by Gasteiger charge is 2.38. The fourth-order valence-corrected chi connectivity index (χ4v) is 5.08. The molecule has 4 rings (SSSR count). The third-order valence-corrected chi connectivity index (χ3v) is 6.86. The number of likely N-dealkylation sites (tertiary alicyclic amines) is 1.